The summed E-state index contributed by atoms with van der Waals surface area (Å²) >= 11 is 0. The van der Waals surface area contributed by atoms with E-state index in [0.717, 1.165) is 31.2 Å². The second-order valence-corrected chi connectivity index (χ2v) is 7.06. The number of aliphatic hydroxyl groups is 1. The topological polar surface area (TPSA) is 52.6 Å². The van der Waals surface area contributed by atoms with Crippen LogP contribution in [-0.2, 0) is 4.79 Å². The molecule has 114 valence electrons. The number of nitrogens with one attached hydrogen (secondary N) is 1. The number of likely N-dealkylation sites (N-methyl/N-ethyl adjacent to an activating group) is 1. The van der Waals surface area contributed by atoms with Crippen LogP contribution in [0.1, 0.15) is 44.9 Å². The van der Waals surface area contributed by atoms with E-state index in [1.807, 2.05) is 11.9 Å². The van der Waals surface area contributed by atoms with Crippen molar-refractivity contribution in [2.75, 3.05) is 20.1 Å². The molecule has 1 heterocycles. The van der Waals surface area contributed by atoms with Gasteiger partial charge in [-0.25, -0.2) is 0 Å². The van der Waals surface area contributed by atoms with Crippen molar-refractivity contribution in [3.8, 4) is 0 Å². The molecule has 4 heteroatoms. The second kappa shape index (κ2) is 6.02. The summed E-state index contributed by atoms with van der Waals surface area (Å²) in [5.41, 5.74) is 0. The highest BCUT2D eigenvalue weighted by Gasteiger charge is 2.39. The van der Waals surface area contributed by atoms with E-state index in [-0.39, 0.29) is 17.9 Å². The zero-order valence-electron chi connectivity index (χ0n) is 12.6. The van der Waals surface area contributed by atoms with Gasteiger partial charge in [0.25, 0.3) is 0 Å². The fourth-order valence-electron chi connectivity index (χ4n) is 4.60. The van der Waals surface area contributed by atoms with Gasteiger partial charge in [-0.3, -0.25) is 4.79 Å². The molecule has 0 aromatic carbocycles. The van der Waals surface area contributed by atoms with Crippen LogP contribution in [0, 0.1) is 17.8 Å². The quantitative estimate of drug-likeness (QED) is 0.803. The van der Waals surface area contributed by atoms with E-state index in [1.54, 1.807) is 0 Å². The van der Waals surface area contributed by atoms with Crippen LogP contribution in [0.15, 0.2) is 0 Å². The molecular weight excluding hydrogens is 252 g/mol. The van der Waals surface area contributed by atoms with Crippen molar-refractivity contribution >= 4 is 5.91 Å². The van der Waals surface area contributed by atoms with E-state index in [9.17, 15) is 9.90 Å². The molecule has 3 rings (SSSR count). The fourth-order valence-corrected chi connectivity index (χ4v) is 4.60. The number of carbonyl (C=O) groups excluding carboxylic acids is 1. The SMILES string of the molecule is CN(C(=O)C1CCC2CCCCC2C1)[C@@H]1CNC[C@H]1O. The maximum Gasteiger partial charge on any atom is 0.225 e. The highest BCUT2D eigenvalue weighted by molar-refractivity contribution is 5.79. The van der Waals surface area contributed by atoms with E-state index >= 15 is 0 Å². The molecule has 0 bridgehead atoms. The van der Waals surface area contributed by atoms with Gasteiger partial charge < -0.3 is 15.3 Å². The van der Waals surface area contributed by atoms with Gasteiger partial charge in [0.15, 0.2) is 0 Å². The first-order valence-corrected chi connectivity index (χ1v) is 8.32. The monoisotopic (exact) mass is 280 g/mol. The molecule has 2 saturated carbocycles. The Morgan fingerprint density at radius 2 is 1.85 bits per heavy atom. The van der Waals surface area contributed by atoms with E-state index in [1.165, 1.54) is 32.1 Å². The van der Waals surface area contributed by atoms with Crippen LogP contribution in [0.5, 0.6) is 0 Å². The van der Waals surface area contributed by atoms with Crippen molar-refractivity contribution in [1.29, 1.82) is 0 Å². The van der Waals surface area contributed by atoms with Crippen molar-refractivity contribution in [2.24, 2.45) is 17.8 Å². The summed E-state index contributed by atoms with van der Waals surface area (Å²) in [6.45, 7) is 1.33. The van der Waals surface area contributed by atoms with Gasteiger partial charge in [-0.15, -0.1) is 0 Å². The Labute approximate surface area is 121 Å². The summed E-state index contributed by atoms with van der Waals surface area (Å²) in [7, 11) is 1.87. The molecule has 5 atom stereocenters. The van der Waals surface area contributed by atoms with Gasteiger partial charge in [0.05, 0.1) is 12.1 Å². The van der Waals surface area contributed by atoms with Gasteiger partial charge in [-0.2, -0.15) is 0 Å². The van der Waals surface area contributed by atoms with Crippen LogP contribution in [0.2, 0.25) is 0 Å². The van der Waals surface area contributed by atoms with E-state index in [4.69, 9.17) is 0 Å². The van der Waals surface area contributed by atoms with Crippen LogP contribution in [0.3, 0.4) is 0 Å². The zero-order chi connectivity index (χ0) is 14.1. The molecular formula is C16H28N2O2. The number of carbonyl (C=O) groups is 1. The van der Waals surface area contributed by atoms with Gasteiger partial charge in [-0.05, 0) is 31.1 Å². The van der Waals surface area contributed by atoms with Crippen LogP contribution < -0.4 is 5.32 Å². The average molecular weight is 280 g/mol. The molecule has 2 N–H and O–H groups in total. The number of hydrogen-bond donors (Lipinski definition) is 2. The minimum atomic E-state index is -0.407. The molecule has 3 unspecified atom stereocenters. The minimum Gasteiger partial charge on any atom is -0.390 e. The maximum absolute atomic E-state index is 12.7. The predicted octanol–water partition coefficient (Wildman–Crippen LogP) is 1.38. The van der Waals surface area contributed by atoms with E-state index in [2.05, 4.69) is 5.32 Å². The average Bonchev–Trinajstić information content (AvgIpc) is 2.91. The number of rotatable bonds is 2. The molecule has 0 radical (unpaired) electrons. The Hall–Kier alpha value is -0.610. The first-order valence-electron chi connectivity index (χ1n) is 8.32. The lowest BCUT2D eigenvalue weighted by atomic mass is 9.67. The largest absolute Gasteiger partial charge is 0.390 e. The predicted molar refractivity (Wildman–Crippen MR) is 78.2 cm³/mol. The summed E-state index contributed by atoms with van der Waals surface area (Å²) < 4.78 is 0. The van der Waals surface area contributed by atoms with Crippen molar-refractivity contribution in [3.05, 3.63) is 0 Å². The number of nitrogens with zero attached hydrogens (tertiary/aromatic N) is 1. The fraction of sp³-hybridized carbons (Fsp3) is 0.938. The number of amides is 1. The van der Waals surface area contributed by atoms with Gasteiger partial charge >= 0.3 is 0 Å². The molecule has 2 aliphatic carbocycles. The number of fused-ring (bicyclic) bond motifs is 1. The van der Waals surface area contributed by atoms with Gasteiger partial charge in [0, 0.05) is 26.1 Å². The van der Waals surface area contributed by atoms with Crippen molar-refractivity contribution in [2.45, 2.75) is 57.1 Å². The molecule has 1 saturated heterocycles. The molecule has 20 heavy (non-hydrogen) atoms. The molecule has 1 aliphatic heterocycles. The van der Waals surface area contributed by atoms with Crippen LogP contribution >= 0.6 is 0 Å². The number of β-amino-alcohol motifs (C(OH)–C–C–N with tert-alkyl or cyclic N) is 1. The molecule has 3 fully saturated rings. The minimum absolute atomic E-state index is 0.0356. The van der Waals surface area contributed by atoms with Crippen molar-refractivity contribution in [1.82, 2.24) is 10.2 Å². The van der Waals surface area contributed by atoms with Gasteiger partial charge in [0.1, 0.15) is 0 Å². The van der Waals surface area contributed by atoms with Crippen LogP contribution in [-0.4, -0.2) is 48.2 Å². The highest BCUT2D eigenvalue weighted by Crippen LogP contribution is 2.43. The molecule has 1 amide bonds. The third kappa shape index (κ3) is 2.73. The Morgan fingerprint density at radius 1 is 1.10 bits per heavy atom. The standard InChI is InChI=1S/C16H28N2O2/c1-18(14-9-17-10-15(14)19)16(20)13-7-6-11-4-2-3-5-12(11)8-13/h11-15,17,19H,2-10H2,1H3/t11?,12?,13?,14-,15-/m1/s1. The van der Waals surface area contributed by atoms with Crippen molar-refractivity contribution < 1.29 is 9.90 Å². The summed E-state index contributed by atoms with van der Waals surface area (Å²) in [5.74, 6) is 2.14. The molecule has 0 aromatic heterocycles. The Morgan fingerprint density at radius 3 is 2.55 bits per heavy atom. The highest BCUT2D eigenvalue weighted by atomic mass is 16.3. The maximum atomic E-state index is 12.7. The summed E-state index contributed by atoms with van der Waals surface area (Å²) in [4.78, 5) is 14.5. The zero-order valence-corrected chi connectivity index (χ0v) is 12.6. The van der Waals surface area contributed by atoms with E-state index < -0.39 is 6.10 Å². The Kier molecular flexibility index (Phi) is 4.32. The number of hydrogen-bond acceptors (Lipinski definition) is 3. The summed E-state index contributed by atoms with van der Waals surface area (Å²) in [6.07, 6.45) is 8.42. The number of aliphatic hydroxyl groups excluding tert-OH is 1. The van der Waals surface area contributed by atoms with E-state index in [0.29, 0.717) is 6.54 Å². The lowest BCUT2D eigenvalue weighted by molar-refractivity contribution is -0.140. The molecule has 0 spiro atoms. The van der Waals surface area contributed by atoms with Crippen molar-refractivity contribution in [3.63, 3.8) is 0 Å². The lowest BCUT2D eigenvalue weighted by Gasteiger charge is -2.40. The first-order chi connectivity index (χ1) is 9.66. The summed E-state index contributed by atoms with van der Waals surface area (Å²) in [6, 6.07) is -0.0356. The first kappa shape index (κ1) is 14.3. The third-order valence-electron chi connectivity index (χ3n) is 5.89. The normalized spacial score (nSPS) is 41.2. The molecule has 0 aromatic rings. The third-order valence-corrected chi connectivity index (χ3v) is 5.89. The smallest absolute Gasteiger partial charge is 0.225 e. The molecule has 4 nitrogen and oxygen atoms in total. The van der Waals surface area contributed by atoms with Gasteiger partial charge in [0.2, 0.25) is 5.91 Å². The van der Waals surface area contributed by atoms with Gasteiger partial charge in [-0.1, -0.05) is 25.7 Å². The summed E-state index contributed by atoms with van der Waals surface area (Å²) in [5, 5.41) is 13.1. The molecule has 3 aliphatic rings. The second-order valence-electron chi connectivity index (χ2n) is 7.06. The Bertz CT molecular complexity index is 360. The van der Waals surface area contributed by atoms with Crippen LogP contribution in [0.25, 0.3) is 0 Å². The lowest BCUT2D eigenvalue weighted by Crippen LogP contribution is -2.48. The van der Waals surface area contributed by atoms with Crippen LogP contribution in [0.4, 0.5) is 0 Å². The Balaban J connectivity index is 1.59.